The van der Waals surface area contributed by atoms with Crippen LogP contribution in [0, 0.1) is 5.82 Å². The number of piperidine rings is 1. The monoisotopic (exact) mass is 410 g/mol. The fraction of sp³-hybridized carbons (Fsp3) is 0.667. The molecule has 5 nitrogen and oxygen atoms in total. The van der Waals surface area contributed by atoms with Crippen molar-refractivity contribution < 1.29 is 9.18 Å². The zero-order valence-electron chi connectivity index (χ0n) is 17.1. The number of amides is 2. The molecule has 1 N–H and O–H groups in total. The van der Waals surface area contributed by atoms with E-state index in [1.165, 1.54) is 37.5 Å². The van der Waals surface area contributed by atoms with E-state index < -0.39 is 5.82 Å². The van der Waals surface area contributed by atoms with Gasteiger partial charge in [-0.05, 0) is 71.1 Å². The van der Waals surface area contributed by atoms with E-state index in [1.807, 2.05) is 11.9 Å². The predicted octanol–water partition coefficient (Wildman–Crippen LogP) is 4.28. The number of hydrogen-bond acceptors (Lipinski definition) is 3. The number of urea groups is 1. The Bertz CT molecular complexity index is 680. The van der Waals surface area contributed by atoms with Crippen molar-refractivity contribution in [3.8, 4) is 0 Å². The van der Waals surface area contributed by atoms with Crippen molar-refractivity contribution in [3.05, 3.63) is 29.0 Å². The number of carbonyl (C=O) groups excluding carboxylic acids is 1. The highest BCUT2D eigenvalue weighted by atomic mass is 35.5. The van der Waals surface area contributed by atoms with Crippen LogP contribution in [0.3, 0.4) is 0 Å². The van der Waals surface area contributed by atoms with Crippen molar-refractivity contribution in [2.75, 3.05) is 39.5 Å². The third kappa shape index (κ3) is 4.97. The van der Waals surface area contributed by atoms with Gasteiger partial charge in [0, 0.05) is 25.2 Å². The van der Waals surface area contributed by atoms with Gasteiger partial charge in [-0.1, -0.05) is 24.4 Å². The number of rotatable bonds is 4. The van der Waals surface area contributed by atoms with Gasteiger partial charge >= 0.3 is 6.03 Å². The number of hydrogen-bond donors (Lipinski definition) is 1. The van der Waals surface area contributed by atoms with Crippen LogP contribution in [0.4, 0.5) is 14.9 Å². The Morgan fingerprint density at radius 1 is 1.14 bits per heavy atom. The van der Waals surface area contributed by atoms with Crippen molar-refractivity contribution >= 4 is 23.3 Å². The maximum Gasteiger partial charge on any atom is 0.321 e. The van der Waals surface area contributed by atoms with Gasteiger partial charge in [0.1, 0.15) is 5.82 Å². The number of benzene rings is 1. The molecule has 0 aromatic heterocycles. The van der Waals surface area contributed by atoms with Gasteiger partial charge in [0.05, 0.1) is 10.7 Å². The third-order valence-corrected chi connectivity index (χ3v) is 6.78. The largest absolute Gasteiger partial charge is 0.323 e. The molecule has 7 heteroatoms. The number of likely N-dealkylation sites (N-methyl/N-ethyl adjacent to an activating group) is 2. The summed E-state index contributed by atoms with van der Waals surface area (Å²) in [5.74, 6) is -0.413. The Kier molecular flexibility index (Phi) is 7.18. The summed E-state index contributed by atoms with van der Waals surface area (Å²) >= 11 is 6.07. The van der Waals surface area contributed by atoms with Crippen LogP contribution < -0.4 is 5.32 Å². The molecule has 2 atom stereocenters. The highest BCUT2D eigenvalue weighted by molar-refractivity contribution is 6.33. The number of halogens is 2. The van der Waals surface area contributed by atoms with E-state index in [0.717, 1.165) is 32.4 Å². The average molecular weight is 411 g/mol. The van der Waals surface area contributed by atoms with Crippen LogP contribution in [0.1, 0.15) is 38.5 Å². The summed E-state index contributed by atoms with van der Waals surface area (Å²) < 4.78 is 13.3. The van der Waals surface area contributed by atoms with Crippen molar-refractivity contribution in [1.29, 1.82) is 0 Å². The molecule has 2 amide bonds. The first-order valence-electron chi connectivity index (χ1n) is 10.3. The Hall–Kier alpha value is -1.37. The molecular weight excluding hydrogens is 379 g/mol. The minimum absolute atomic E-state index is 0.164. The lowest BCUT2D eigenvalue weighted by atomic mass is 9.87. The number of nitrogens with one attached hydrogen (secondary N) is 1. The highest BCUT2D eigenvalue weighted by Gasteiger charge is 2.36. The van der Waals surface area contributed by atoms with Crippen LogP contribution in [-0.2, 0) is 0 Å². The SMILES string of the molecule is CN1CCC(N(C)[C@H]2CCCC[C@@H]2N(C)C(=O)Nc2ccc(F)cc2Cl)CC1. The highest BCUT2D eigenvalue weighted by Crippen LogP contribution is 2.30. The van der Waals surface area contributed by atoms with Crippen molar-refractivity contribution in [1.82, 2.24) is 14.7 Å². The molecule has 0 radical (unpaired) electrons. The fourth-order valence-corrected chi connectivity index (χ4v) is 4.85. The quantitative estimate of drug-likeness (QED) is 0.805. The lowest BCUT2D eigenvalue weighted by Crippen LogP contribution is -2.57. The van der Waals surface area contributed by atoms with E-state index in [-0.39, 0.29) is 17.1 Å². The van der Waals surface area contributed by atoms with E-state index in [2.05, 4.69) is 29.2 Å². The maximum absolute atomic E-state index is 13.3. The van der Waals surface area contributed by atoms with Crippen LogP contribution >= 0.6 is 11.6 Å². The molecule has 156 valence electrons. The summed E-state index contributed by atoms with van der Waals surface area (Å²) in [6, 6.07) is 4.94. The number of nitrogens with zero attached hydrogens (tertiary/aromatic N) is 3. The molecule has 2 fully saturated rings. The molecule has 1 aromatic carbocycles. The van der Waals surface area contributed by atoms with Gasteiger partial charge in [-0.3, -0.25) is 4.90 Å². The molecule has 1 aliphatic carbocycles. The first-order valence-corrected chi connectivity index (χ1v) is 10.6. The number of likely N-dealkylation sites (tertiary alicyclic amines) is 1. The standard InChI is InChI=1S/C21H32ClFN4O/c1-25-12-10-16(11-13-25)26(2)19-6-4-5-7-20(19)27(3)21(28)24-18-9-8-15(23)14-17(18)22/h8-9,14,16,19-20H,4-7,10-13H2,1-3H3,(H,24,28)/t19-,20-/m0/s1. The predicted molar refractivity (Wildman–Crippen MR) is 113 cm³/mol. The summed E-state index contributed by atoms with van der Waals surface area (Å²) in [4.78, 5) is 19.6. The molecule has 0 spiro atoms. The number of anilines is 1. The second-order valence-electron chi connectivity index (χ2n) is 8.28. The molecule has 1 aliphatic heterocycles. The molecule has 1 saturated heterocycles. The zero-order valence-corrected chi connectivity index (χ0v) is 17.9. The van der Waals surface area contributed by atoms with Crippen molar-refractivity contribution in [3.63, 3.8) is 0 Å². The minimum atomic E-state index is -0.413. The molecule has 2 aliphatic rings. The topological polar surface area (TPSA) is 38.8 Å². The normalized spacial score (nSPS) is 24.4. The van der Waals surface area contributed by atoms with Crippen molar-refractivity contribution in [2.45, 2.75) is 56.7 Å². The third-order valence-electron chi connectivity index (χ3n) is 6.47. The second-order valence-corrected chi connectivity index (χ2v) is 8.69. The molecule has 1 saturated carbocycles. The van der Waals surface area contributed by atoms with Gasteiger partial charge in [0.25, 0.3) is 0 Å². The molecule has 28 heavy (non-hydrogen) atoms. The van der Waals surface area contributed by atoms with Gasteiger partial charge in [-0.15, -0.1) is 0 Å². The molecule has 0 bridgehead atoms. The van der Waals surface area contributed by atoms with Crippen molar-refractivity contribution in [2.24, 2.45) is 0 Å². The van der Waals surface area contributed by atoms with E-state index in [0.29, 0.717) is 17.8 Å². The van der Waals surface area contributed by atoms with E-state index in [4.69, 9.17) is 11.6 Å². The Balaban J connectivity index is 1.67. The molecule has 0 unspecified atom stereocenters. The lowest BCUT2D eigenvalue weighted by molar-refractivity contribution is 0.0443. The number of carbonyl (C=O) groups is 1. The summed E-state index contributed by atoms with van der Waals surface area (Å²) in [6.07, 6.45) is 6.81. The summed E-state index contributed by atoms with van der Waals surface area (Å²) in [5.41, 5.74) is 0.441. The van der Waals surface area contributed by atoms with E-state index in [9.17, 15) is 9.18 Å². The van der Waals surface area contributed by atoms with E-state index in [1.54, 1.807) is 0 Å². The van der Waals surface area contributed by atoms with Gasteiger partial charge in [0.2, 0.25) is 0 Å². The summed E-state index contributed by atoms with van der Waals surface area (Å²) in [5, 5.41) is 3.06. The Morgan fingerprint density at radius 3 is 2.43 bits per heavy atom. The van der Waals surface area contributed by atoms with E-state index >= 15 is 0 Å². The first-order chi connectivity index (χ1) is 13.4. The maximum atomic E-state index is 13.3. The smallest absolute Gasteiger partial charge is 0.321 e. The average Bonchev–Trinajstić information content (AvgIpc) is 2.69. The summed E-state index contributed by atoms with van der Waals surface area (Å²) in [7, 11) is 6.26. The second kappa shape index (κ2) is 9.42. The molecular formula is C21H32ClFN4O. The fourth-order valence-electron chi connectivity index (χ4n) is 4.64. The van der Waals surface area contributed by atoms with Crippen LogP contribution in [0.25, 0.3) is 0 Å². The zero-order chi connectivity index (χ0) is 20.3. The van der Waals surface area contributed by atoms with Crippen LogP contribution in [0.2, 0.25) is 5.02 Å². The van der Waals surface area contributed by atoms with Gasteiger partial charge in [0.15, 0.2) is 0 Å². The van der Waals surface area contributed by atoms with Crippen LogP contribution in [0.15, 0.2) is 18.2 Å². The van der Waals surface area contributed by atoms with Gasteiger partial charge < -0.3 is 15.1 Å². The minimum Gasteiger partial charge on any atom is -0.323 e. The molecule has 1 heterocycles. The van der Waals surface area contributed by atoms with Gasteiger partial charge in [-0.2, -0.15) is 0 Å². The first kappa shape index (κ1) is 21.3. The van der Waals surface area contributed by atoms with Crippen LogP contribution in [0.5, 0.6) is 0 Å². The van der Waals surface area contributed by atoms with Gasteiger partial charge in [-0.25, -0.2) is 9.18 Å². The van der Waals surface area contributed by atoms with Crippen LogP contribution in [-0.4, -0.2) is 73.1 Å². The molecule has 1 aromatic rings. The summed E-state index contributed by atoms with van der Waals surface area (Å²) in [6.45, 7) is 2.26. The molecule has 3 rings (SSSR count). The Morgan fingerprint density at radius 2 is 1.79 bits per heavy atom. The Labute approximate surface area is 172 Å². The lowest BCUT2D eigenvalue weighted by Gasteiger charge is -2.46.